The van der Waals surface area contributed by atoms with Gasteiger partial charge in [-0.2, -0.15) is 0 Å². The number of benzene rings is 1. The molecule has 0 spiro atoms. The molecule has 0 aliphatic heterocycles. The van der Waals surface area contributed by atoms with Crippen molar-refractivity contribution in [2.45, 2.75) is 20.3 Å². The van der Waals surface area contributed by atoms with Crippen molar-refractivity contribution in [3.8, 4) is 5.75 Å². The average Bonchev–Trinajstić information content (AvgIpc) is 2.42. The fourth-order valence-corrected chi connectivity index (χ4v) is 1.66. The van der Waals surface area contributed by atoms with Gasteiger partial charge in [0.1, 0.15) is 5.75 Å². The number of hydrogen-bond donors (Lipinski definition) is 2. The highest BCUT2D eigenvalue weighted by molar-refractivity contribution is 5.94. The Bertz CT molecular complexity index is 527. The SMILES string of the molecule is CC(=O)c1cccc(OCC(=O)NCC(C)CC(=O)O)c1. The van der Waals surface area contributed by atoms with Gasteiger partial charge in [-0.05, 0) is 25.0 Å². The molecule has 1 aromatic rings. The van der Waals surface area contributed by atoms with E-state index < -0.39 is 5.97 Å². The van der Waals surface area contributed by atoms with Crippen LogP contribution in [0, 0.1) is 5.92 Å². The third-order valence-electron chi connectivity index (χ3n) is 2.78. The third-order valence-corrected chi connectivity index (χ3v) is 2.78. The number of carbonyl (C=O) groups is 3. The number of rotatable bonds is 8. The number of carbonyl (C=O) groups excluding carboxylic acids is 2. The fraction of sp³-hybridized carbons (Fsp3) is 0.400. The minimum atomic E-state index is -0.894. The summed E-state index contributed by atoms with van der Waals surface area (Å²) in [6, 6.07) is 6.58. The third kappa shape index (κ3) is 6.56. The minimum absolute atomic E-state index is 0.00178. The standard InChI is InChI=1S/C15H19NO5/c1-10(6-15(19)20)8-16-14(18)9-21-13-5-3-4-12(7-13)11(2)17/h3-5,7,10H,6,8-9H2,1-2H3,(H,16,18)(H,19,20). The van der Waals surface area contributed by atoms with Crippen LogP contribution in [0.3, 0.4) is 0 Å². The van der Waals surface area contributed by atoms with Crippen molar-refractivity contribution in [1.29, 1.82) is 0 Å². The number of ketones is 1. The molecule has 114 valence electrons. The van der Waals surface area contributed by atoms with E-state index >= 15 is 0 Å². The summed E-state index contributed by atoms with van der Waals surface area (Å²) in [5.74, 6) is -1.01. The molecule has 1 atom stereocenters. The van der Waals surface area contributed by atoms with E-state index in [1.165, 1.54) is 6.92 Å². The highest BCUT2D eigenvalue weighted by Gasteiger charge is 2.10. The van der Waals surface area contributed by atoms with E-state index in [-0.39, 0.29) is 37.2 Å². The number of carboxylic acid groups (broad SMARTS) is 1. The Morgan fingerprint density at radius 2 is 2.05 bits per heavy atom. The van der Waals surface area contributed by atoms with Gasteiger partial charge in [0.05, 0.1) is 0 Å². The van der Waals surface area contributed by atoms with Gasteiger partial charge in [-0.1, -0.05) is 19.1 Å². The van der Waals surface area contributed by atoms with Gasteiger partial charge >= 0.3 is 5.97 Å². The maximum absolute atomic E-state index is 11.6. The second-order valence-electron chi connectivity index (χ2n) is 4.88. The number of amides is 1. The average molecular weight is 293 g/mol. The van der Waals surface area contributed by atoms with Crippen LogP contribution in [0.2, 0.25) is 0 Å². The number of carboxylic acids is 1. The molecule has 2 N–H and O–H groups in total. The van der Waals surface area contributed by atoms with Crippen LogP contribution >= 0.6 is 0 Å². The van der Waals surface area contributed by atoms with Crippen LogP contribution in [-0.2, 0) is 9.59 Å². The summed E-state index contributed by atoms with van der Waals surface area (Å²) in [6.45, 7) is 3.30. The van der Waals surface area contributed by atoms with Gasteiger partial charge < -0.3 is 15.2 Å². The summed E-state index contributed by atoms with van der Waals surface area (Å²) in [5.41, 5.74) is 0.517. The summed E-state index contributed by atoms with van der Waals surface area (Å²) in [7, 11) is 0. The first-order chi connectivity index (χ1) is 9.88. The summed E-state index contributed by atoms with van der Waals surface area (Å²) in [5, 5.41) is 11.2. The quantitative estimate of drug-likeness (QED) is 0.708. The molecule has 6 nitrogen and oxygen atoms in total. The molecule has 0 aromatic heterocycles. The number of hydrogen-bond acceptors (Lipinski definition) is 4. The van der Waals surface area contributed by atoms with Crippen LogP contribution in [0.15, 0.2) is 24.3 Å². The Hall–Kier alpha value is -2.37. The Labute approximate surface area is 123 Å². The molecule has 1 rings (SSSR count). The molecule has 0 saturated heterocycles. The smallest absolute Gasteiger partial charge is 0.303 e. The minimum Gasteiger partial charge on any atom is -0.484 e. The first kappa shape index (κ1) is 16.7. The molecule has 0 radical (unpaired) electrons. The number of nitrogens with one attached hydrogen (secondary N) is 1. The van der Waals surface area contributed by atoms with Crippen LogP contribution in [0.5, 0.6) is 5.75 Å². The molecule has 0 saturated carbocycles. The molecule has 0 fully saturated rings. The van der Waals surface area contributed by atoms with Crippen LogP contribution in [0.4, 0.5) is 0 Å². The molecule has 21 heavy (non-hydrogen) atoms. The zero-order valence-corrected chi connectivity index (χ0v) is 12.1. The predicted molar refractivity (Wildman–Crippen MR) is 76.4 cm³/mol. The summed E-state index contributed by atoms with van der Waals surface area (Å²) < 4.78 is 5.29. The molecular weight excluding hydrogens is 274 g/mol. The zero-order valence-electron chi connectivity index (χ0n) is 12.1. The molecule has 0 aliphatic rings. The number of ether oxygens (including phenoxy) is 1. The lowest BCUT2D eigenvalue weighted by molar-refractivity contribution is -0.138. The fourth-order valence-electron chi connectivity index (χ4n) is 1.66. The largest absolute Gasteiger partial charge is 0.484 e. The van der Waals surface area contributed by atoms with E-state index in [4.69, 9.17) is 9.84 Å². The van der Waals surface area contributed by atoms with E-state index in [9.17, 15) is 14.4 Å². The Morgan fingerprint density at radius 1 is 1.33 bits per heavy atom. The maximum Gasteiger partial charge on any atom is 0.303 e. The van der Waals surface area contributed by atoms with E-state index in [1.54, 1.807) is 31.2 Å². The highest BCUT2D eigenvalue weighted by atomic mass is 16.5. The van der Waals surface area contributed by atoms with Crippen LogP contribution in [0.25, 0.3) is 0 Å². The maximum atomic E-state index is 11.6. The molecule has 1 amide bonds. The molecule has 0 bridgehead atoms. The van der Waals surface area contributed by atoms with E-state index in [2.05, 4.69) is 5.32 Å². The first-order valence-electron chi connectivity index (χ1n) is 6.60. The van der Waals surface area contributed by atoms with Gasteiger partial charge in [-0.25, -0.2) is 0 Å². The van der Waals surface area contributed by atoms with Gasteiger partial charge in [0.25, 0.3) is 5.91 Å². The van der Waals surface area contributed by atoms with Gasteiger partial charge in [0, 0.05) is 18.5 Å². The van der Waals surface area contributed by atoms with Crippen molar-refractivity contribution in [3.05, 3.63) is 29.8 Å². The van der Waals surface area contributed by atoms with Crippen molar-refractivity contribution >= 4 is 17.7 Å². The topological polar surface area (TPSA) is 92.7 Å². The molecule has 0 heterocycles. The Kier molecular flexibility index (Phi) is 6.39. The van der Waals surface area contributed by atoms with Crippen molar-refractivity contribution in [1.82, 2.24) is 5.32 Å². The van der Waals surface area contributed by atoms with Crippen molar-refractivity contribution in [3.63, 3.8) is 0 Å². The zero-order chi connectivity index (χ0) is 15.8. The molecule has 0 aliphatic carbocycles. The lowest BCUT2D eigenvalue weighted by atomic mass is 10.1. The summed E-state index contributed by atoms with van der Waals surface area (Å²) >= 11 is 0. The monoisotopic (exact) mass is 293 g/mol. The lowest BCUT2D eigenvalue weighted by Gasteiger charge is -2.11. The number of Topliss-reactive ketones (excluding diaryl/α,β-unsaturated/α-hetero) is 1. The predicted octanol–water partition coefficient (Wildman–Crippen LogP) is 1.49. The molecule has 1 aromatic carbocycles. The van der Waals surface area contributed by atoms with Crippen molar-refractivity contribution in [2.24, 2.45) is 5.92 Å². The normalized spacial score (nSPS) is 11.5. The van der Waals surface area contributed by atoms with Gasteiger partial charge in [0.2, 0.25) is 0 Å². The molecular formula is C15H19NO5. The molecule has 6 heteroatoms. The van der Waals surface area contributed by atoms with Gasteiger partial charge in [0.15, 0.2) is 12.4 Å². The van der Waals surface area contributed by atoms with Gasteiger partial charge in [-0.15, -0.1) is 0 Å². The second kappa shape index (κ2) is 8.04. The van der Waals surface area contributed by atoms with E-state index in [1.807, 2.05) is 0 Å². The highest BCUT2D eigenvalue weighted by Crippen LogP contribution is 2.13. The van der Waals surface area contributed by atoms with Crippen LogP contribution in [0.1, 0.15) is 30.6 Å². The Balaban J connectivity index is 2.37. The number of aliphatic carboxylic acids is 1. The Morgan fingerprint density at radius 3 is 2.67 bits per heavy atom. The van der Waals surface area contributed by atoms with Crippen molar-refractivity contribution < 1.29 is 24.2 Å². The summed E-state index contributed by atoms with van der Waals surface area (Å²) in [4.78, 5) is 33.3. The van der Waals surface area contributed by atoms with Crippen LogP contribution in [-0.4, -0.2) is 35.9 Å². The second-order valence-corrected chi connectivity index (χ2v) is 4.88. The molecule has 1 unspecified atom stereocenters. The lowest BCUT2D eigenvalue weighted by Crippen LogP contribution is -2.33. The van der Waals surface area contributed by atoms with Gasteiger partial charge in [-0.3, -0.25) is 14.4 Å². The van der Waals surface area contributed by atoms with Crippen LogP contribution < -0.4 is 10.1 Å². The van der Waals surface area contributed by atoms with Crippen molar-refractivity contribution in [2.75, 3.05) is 13.2 Å². The van der Waals surface area contributed by atoms with E-state index in [0.717, 1.165) is 0 Å². The first-order valence-corrected chi connectivity index (χ1v) is 6.60. The van der Waals surface area contributed by atoms with E-state index in [0.29, 0.717) is 11.3 Å². The summed E-state index contributed by atoms with van der Waals surface area (Å²) in [6.07, 6.45) is 0.00178.